The van der Waals surface area contributed by atoms with Gasteiger partial charge in [-0.3, -0.25) is 0 Å². The minimum atomic E-state index is -0.180. The number of nitrogens with zero attached hydrogens (tertiary/aromatic N) is 1. The highest BCUT2D eigenvalue weighted by Gasteiger charge is 2.20. The zero-order chi connectivity index (χ0) is 13.0. The van der Waals surface area contributed by atoms with Gasteiger partial charge in [-0.25, -0.2) is 4.39 Å². The van der Waals surface area contributed by atoms with Crippen LogP contribution >= 0.6 is 0 Å². The number of piperidine rings is 1. The Balaban J connectivity index is 1.75. The summed E-state index contributed by atoms with van der Waals surface area (Å²) in [6, 6.07) is 6.66. The smallest absolute Gasteiger partial charge is 0.125 e. The number of hydrogen-bond donors (Lipinski definition) is 1. The molecule has 18 heavy (non-hydrogen) atoms. The molecule has 1 N–H and O–H groups in total. The van der Waals surface area contributed by atoms with Gasteiger partial charge in [-0.2, -0.15) is 0 Å². The van der Waals surface area contributed by atoms with Gasteiger partial charge >= 0.3 is 0 Å². The van der Waals surface area contributed by atoms with Crippen molar-refractivity contribution in [1.82, 2.24) is 4.90 Å². The van der Waals surface area contributed by atoms with Crippen molar-refractivity contribution in [3.05, 3.63) is 30.1 Å². The second-order valence-electron chi connectivity index (χ2n) is 5.64. The number of benzene rings is 1. The second-order valence-corrected chi connectivity index (χ2v) is 5.64. The molecule has 0 radical (unpaired) electrons. The van der Waals surface area contributed by atoms with Gasteiger partial charge in [0.2, 0.25) is 0 Å². The Morgan fingerprint density at radius 1 is 1.28 bits per heavy atom. The van der Waals surface area contributed by atoms with E-state index in [0.29, 0.717) is 0 Å². The third-order valence-corrected chi connectivity index (χ3v) is 3.53. The van der Waals surface area contributed by atoms with Crippen molar-refractivity contribution in [3.8, 4) is 0 Å². The van der Waals surface area contributed by atoms with Crippen LogP contribution in [0.2, 0.25) is 0 Å². The zero-order valence-electron chi connectivity index (χ0n) is 11.3. The normalized spacial score (nSPS) is 25.1. The van der Waals surface area contributed by atoms with Crippen LogP contribution in [0.1, 0.15) is 20.3 Å². The highest BCUT2D eigenvalue weighted by molar-refractivity contribution is 5.42. The summed E-state index contributed by atoms with van der Waals surface area (Å²) in [5.41, 5.74) is 0.869. The summed E-state index contributed by atoms with van der Waals surface area (Å²) in [7, 11) is 0. The molecule has 1 fully saturated rings. The lowest BCUT2D eigenvalue weighted by Crippen LogP contribution is -2.41. The van der Waals surface area contributed by atoms with Gasteiger partial charge in [0.1, 0.15) is 5.82 Å². The molecule has 100 valence electrons. The van der Waals surface area contributed by atoms with Crippen molar-refractivity contribution in [3.63, 3.8) is 0 Å². The van der Waals surface area contributed by atoms with Gasteiger partial charge < -0.3 is 10.2 Å². The van der Waals surface area contributed by atoms with Crippen LogP contribution in [0.15, 0.2) is 24.3 Å². The molecular weight excluding hydrogens is 227 g/mol. The molecule has 0 bridgehead atoms. The SMILES string of the molecule is CC1CC(C)CN(CCNc2cccc(F)c2)C1. The van der Waals surface area contributed by atoms with Gasteiger partial charge in [0.25, 0.3) is 0 Å². The van der Waals surface area contributed by atoms with Crippen LogP contribution in [-0.2, 0) is 0 Å². The summed E-state index contributed by atoms with van der Waals surface area (Å²) in [5.74, 6) is 1.41. The number of likely N-dealkylation sites (tertiary alicyclic amines) is 1. The Morgan fingerprint density at radius 3 is 2.67 bits per heavy atom. The van der Waals surface area contributed by atoms with Crippen LogP contribution in [0, 0.1) is 17.7 Å². The quantitative estimate of drug-likeness (QED) is 0.882. The van der Waals surface area contributed by atoms with Crippen molar-refractivity contribution in [1.29, 1.82) is 0 Å². The predicted octanol–water partition coefficient (Wildman–Crippen LogP) is 3.22. The van der Waals surface area contributed by atoms with Gasteiger partial charge in [0, 0.05) is 31.9 Å². The standard InChI is InChI=1S/C15H23FN2/c1-12-8-13(2)11-18(10-12)7-6-17-15-5-3-4-14(16)9-15/h3-5,9,12-13,17H,6-8,10-11H2,1-2H3. The fourth-order valence-electron chi connectivity index (χ4n) is 2.93. The lowest BCUT2D eigenvalue weighted by Gasteiger charge is -2.35. The second kappa shape index (κ2) is 6.19. The number of anilines is 1. The van der Waals surface area contributed by atoms with Crippen LogP contribution in [-0.4, -0.2) is 31.1 Å². The first kappa shape index (κ1) is 13.3. The molecule has 2 rings (SSSR count). The van der Waals surface area contributed by atoms with E-state index in [4.69, 9.17) is 0 Å². The van der Waals surface area contributed by atoms with Crippen LogP contribution in [0.3, 0.4) is 0 Å². The topological polar surface area (TPSA) is 15.3 Å². The molecule has 0 aromatic heterocycles. The van der Waals surface area contributed by atoms with Gasteiger partial charge in [-0.15, -0.1) is 0 Å². The number of nitrogens with one attached hydrogen (secondary N) is 1. The fourth-order valence-corrected chi connectivity index (χ4v) is 2.93. The summed E-state index contributed by atoms with van der Waals surface area (Å²) in [4.78, 5) is 2.51. The fraction of sp³-hybridized carbons (Fsp3) is 0.600. The van der Waals surface area contributed by atoms with E-state index < -0.39 is 0 Å². The molecule has 2 unspecified atom stereocenters. The Labute approximate surface area is 109 Å². The molecule has 0 aliphatic carbocycles. The first-order valence-corrected chi connectivity index (χ1v) is 6.85. The molecule has 1 aromatic rings. The highest BCUT2D eigenvalue weighted by Crippen LogP contribution is 2.20. The summed E-state index contributed by atoms with van der Waals surface area (Å²) < 4.78 is 13.0. The summed E-state index contributed by atoms with van der Waals surface area (Å²) >= 11 is 0. The minimum absolute atomic E-state index is 0.180. The van der Waals surface area contributed by atoms with E-state index in [9.17, 15) is 4.39 Å². The highest BCUT2D eigenvalue weighted by atomic mass is 19.1. The number of rotatable bonds is 4. The first-order valence-electron chi connectivity index (χ1n) is 6.85. The van der Waals surface area contributed by atoms with Crippen molar-refractivity contribution >= 4 is 5.69 Å². The number of halogens is 1. The molecule has 2 nitrogen and oxygen atoms in total. The summed E-state index contributed by atoms with van der Waals surface area (Å²) in [5, 5.41) is 3.28. The molecule has 1 saturated heterocycles. The Hall–Kier alpha value is -1.09. The third kappa shape index (κ3) is 3.98. The summed E-state index contributed by atoms with van der Waals surface area (Å²) in [6.07, 6.45) is 1.34. The van der Waals surface area contributed by atoms with E-state index in [0.717, 1.165) is 30.6 Å². The van der Waals surface area contributed by atoms with E-state index in [1.54, 1.807) is 12.1 Å². The van der Waals surface area contributed by atoms with Gasteiger partial charge in [0.05, 0.1) is 0 Å². The van der Waals surface area contributed by atoms with Crippen LogP contribution in [0.25, 0.3) is 0 Å². The molecule has 0 spiro atoms. The van der Waals surface area contributed by atoms with Gasteiger partial charge in [-0.05, 0) is 36.5 Å². The predicted molar refractivity (Wildman–Crippen MR) is 74.3 cm³/mol. The monoisotopic (exact) mass is 250 g/mol. The van der Waals surface area contributed by atoms with Crippen molar-refractivity contribution < 1.29 is 4.39 Å². The van der Waals surface area contributed by atoms with Crippen molar-refractivity contribution in [2.45, 2.75) is 20.3 Å². The van der Waals surface area contributed by atoms with Gasteiger partial charge in [-0.1, -0.05) is 19.9 Å². The average molecular weight is 250 g/mol. The molecule has 0 saturated carbocycles. The Bertz CT molecular complexity index is 371. The maximum atomic E-state index is 13.0. The van der Waals surface area contributed by atoms with Crippen LogP contribution in [0.5, 0.6) is 0 Å². The molecule has 1 aliphatic rings. The molecule has 2 atom stereocenters. The molecular formula is C15H23FN2. The molecule has 1 aliphatic heterocycles. The van der Waals surface area contributed by atoms with Crippen LogP contribution < -0.4 is 5.32 Å². The largest absolute Gasteiger partial charge is 0.384 e. The molecule has 1 heterocycles. The Kier molecular flexibility index (Phi) is 4.59. The van der Waals surface area contributed by atoms with E-state index in [2.05, 4.69) is 24.1 Å². The van der Waals surface area contributed by atoms with E-state index >= 15 is 0 Å². The lowest BCUT2D eigenvalue weighted by atomic mass is 9.92. The Morgan fingerprint density at radius 2 is 2.00 bits per heavy atom. The maximum absolute atomic E-state index is 13.0. The lowest BCUT2D eigenvalue weighted by molar-refractivity contribution is 0.146. The van der Waals surface area contributed by atoms with E-state index in [-0.39, 0.29) is 5.82 Å². The minimum Gasteiger partial charge on any atom is -0.384 e. The first-order chi connectivity index (χ1) is 8.63. The molecule has 1 aromatic carbocycles. The van der Waals surface area contributed by atoms with Crippen molar-refractivity contribution in [2.75, 3.05) is 31.5 Å². The van der Waals surface area contributed by atoms with E-state index in [1.165, 1.54) is 25.6 Å². The van der Waals surface area contributed by atoms with Crippen LogP contribution in [0.4, 0.5) is 10.1 Å². The zero-order valence-corrected chi connectivity index (χ0v) is 11.3. The van der Waals surface area contributed by atoms with Crippen molar-refractivity contribution in [2.24, 2.45) is 11.8 Å². The average Bonchev–Trinajstić information content (AvgIpc) is 2.27. The van der Waals surface area contributed by atoms with Gasteiger partial charge in [0.15, 0.2) is 0 Å². The van der Waals surface area contributed by atoms with E-state index in [1.807, 2.05) is 6.07 Å². The molecule has 3 heteroatoms. The summed E-state index contributed by atoms with van der Waals surface area (Å²) in [6.45, 7) is 8.93. The number of hydrogen-bond acceptors (Lipinski definition) is 2. The third-order valence-electron chi connectivity index (χ3n) is 3.53. The maximum Gasteiger partial charge on any atom is 0.125 e. The molecule has 0 amide bonds.